The third-order valence-corrected chi connectivity index (χ3v) is 5.43. The van der Waals surface area contributed by atoms with Crippen LogP contribution in [0.15, 0.2) is 41.3 Å². The van der Waals surface area contributed by atoms with Gasteiger partial charge in [0.25, 0.3) is 0 Å². The Morgan fingerprint density at radius 3 is 2.59 bits per heavy atom. The van der Waals surface area contributed by atoms with E-state index in [1.165, 1.54) is 6.39 Å². The predicted molar refractivity (Wildman–Crippen MR) is 110 cm³/mol. The van der Waals surface area contributed by atoms with Crippen LogP contribution in [0.25, 0.3) is 11.3 Å². The van der Waals surface area contributed by atoms with E-state index in [2.05, 4.69) is 17.2 Å². The first-order chi connectivity index (χ1) is 13.7. The van der Waals surface area contributed by atoms with Crippen LogP contribution in [-0.4, -0.2) is 40.3 Å². The van der Waals surface area contributed by atoms with Crippen LogP contribution in [0, 0.1) is 11.3 Å². The summed E-state index contributed by atoms with van der Waals surface area (Å²) >= 11 is 0. The number of nitrogens with two attached hydrogens (primary N) is 1. The molecule has 1 aromatic heterocycles. The Morgan fingerprint density at radius 1 is 1.31 bits per heavy atom. The van der Waals surface area contributed by atoms with Crippen molar-refractivity contribution in [2.45, 2.75) is 52.7 Å². The second-order valence-electron chi connectivity index (χ2n) is 8.97. The molecule has 1 saturated heterocycles. The largest absolute Gasteiger partial charge is 0.444 e. The first-order valence-corrected chi connectivity index (χ1v) is 9.98. The summed E-state index contributed by atoms with van der Waals surface area (Å²) in [7, 11) is 0. The fourth-order valence-corrected chi connectivity index (χ4v) is 3.54. The molecule has 7 nitrogen and oxygen atoms in total. The fourth-order valence-electron chi connectivity index (χ4n) is 3.54. The van der Waals surface area contributed by atoms with Crippen molar-refractivity contribution < 1.29 is 14.0 Å². The SMILES string of the molecule is C[C@@H]1C[C@@H](C(=O)NCc2ccc(-c3cnco3)cc2)N(C(=O)[C@@H](N)C(C)(C)C)C1. The highest BCUT2D eigenvalue weighted by atomic mass is 16.3. The number of likely N-dealkylation sites (tertiary alicyclic amines) is 1. The maximum absolute atomic E-state index is 12.9. The molecule has 7 heteroatoms. The molecule has 0 aliphatic carbocycles. The van der Waals surface area contributed by atoms with Gasteiger partial charge in [-0.1, -0.05) is 52.0 Å². The summed E-state index contributed by atoms with van der Waals surface area (Å²) in [5.41, 5.74) is 7.71. The predicted octanol–water partition coefficient (Wildman–Crippen LogP) is 2.57. The third-order valence-electron chi connectivity index (χ3n) is 5.43. The molecule has 0 radical (unpaired) electrons. The molecule has 2 heterocycles. The van der Waals surface area contributed by atoms with Gasteiger partial charge in [-0.3, -0.25) is 9.59 Å². The zero-order valence-electron chi connectivity index (χ0n) is 17.5. The Hall–Kier alpha value is -2.67. The first-order valence-electron chi connectivity index (χ1n) is 9.98. The van der Waals surface area contributed by atoms with Gasteiger partial charge in [0.1, 0.15) is 6.04 Å². The van der Waals surface area contributed by atoms with Gasteiger partial charge in [0.2, 0.25) is 11.8 Å². The lowest BCUT2D eigenvalue weighted by Crippen LogP contribution is -2.54. The van der Waals surface area contributed by atoms with E-state index in [-0.39, 0.29) is 23.1 Å². The van der Waals surface area contributed by atoms with Crippen LogP contribution in [-0.2, 0) is 16.1 Å². The quantitative estimate of drug-likeness (QED) is 0.806. The number of nitrogens with zero attached hydrogens (tertiary/aromatic N) is 2. The molecule has 3 rings (SSSR count). The van der Waals surface area contributed by atoms with E-state index in [1.807, 2.05) is 45.0 Å². The van der Waals surface area contributed by atoms with Gasteiger partial charge >= 0.3 is 0 Å². The average molecular weight is 399 g/mol. The molecule has 0 saturated carbocycles. The topological polar surface area (TPSA) is 101 Å². The number of rotatable bonds is 5. The second-order valence-corrected chi connectivity index (χ2v) is 8.97. The van der Waals surface area contributed by atoms with Crippen LogP contribution < -0.4 is 11.1 Å². The smallest absolute Gasteiger partial charge is 0.243 e. The number of oxazole rings is 1. The lowest BCUT2D eigenvalue weighted by molar-refractivity contribution is -0.141. The van der Waals surface area contributed by atoms with Crippen molar-refractivity contribution >= 4 is 11.8 Å². The minimum absolute atomic E-state index is 0.136. The molecule has 29 heavy (non-hydrogen) atoms. The minimum Gasteiger partial charge on any atom is -0.444 e. The van der Waals surface area contributed by atoms with Gasteiger partial charge in [-0.25, -0.2) is 4.98 Å². The van der Waals surface area contributed by atoms with E-state index in [0.717, 1.165) is 11.1 Å². The van der Waals surface area contributed by atoms with Crippen molar-refractivity contribution in [3.8, 4) is 11.3 Å². The van der Waals surface area contributed by atoms with Crippen LogP contribution >= 0.6 is 0 Å². The van der Waals surface area contributed by atoms with Gasteiger partial charge < -0.3 is 20.4 Å². The summed E-state index contributed by atoms with van der Waals surface area (Å²) in [6, 6.07) is 6.63. The fraction of sp³-hybridized carbons (Fsp3) is 0.500. The van der Waals surface area contributed by atoms with Gasteiger partial charge in [-0.15, -0.1) is 0 Å². The van der Waals surface area contributed by atoms with E-state index in [4.69, 9.17) is 10.2 Å². The summed E-state index contributed by atoms with van der Waals surface area (Å²) in [5.74, 6) is 0.675. The summed E-state index contributed by atoms with van der Waals surface area (Å²) in [6.45, 7) is 8.82. The zero-order chi connectivity index (χ0) is 21.2. The molecule has 1 aliphatic rings. The molecule has 0 unspecified atom stereocenters. The number of amides is 2. The molecule has 0 spiro atoms. The van der Waals surface area contributed by atoms with Gasteiger partial charge in [0.15, 0.2) is 12.2 Å². The molecule has 156 valence electrons. The molecule has 3 N–H and O–H groups in total. The Morgan fingerprint density at radius 2 is 2.00 bits per heavy atom. The normalized spacial score (nSPS) is 20.5. The van der Waals surface area contributed by atoms with Crippen molar-refractivity contribution in [1.29, 1.82) is 0 Å². The Kier molecular flexibility index (Phi) is 6.07. The minimum atomic E-state index is -0.633. The third kappa shape index (κ3) is 4.85. The molecular formula is C22H30N4O3. The highest BCUT2D eigenvalue weighted by molar-refractivity contribution is 5.90. The standard InChI is InChI=1S/C22H30N4O3/c1-14-9-17(26(12-14)21(28)19(23)22(2,3)4)20(27)25-10-15-5-7-16(8-6-15)18-11-24-13-29-18/h5-8,11,13-14,17,19H,9-10,12,23H2,1-4H3,(H,25,27)/t14-,17+,19-/m1/s1. The summed E-state index contributed by atoms with van der Waals surface area (Å²) in [6.07, 6.45) is 3.70. The van der Waals surface area contributed by atoms with Crippen molar-refractivity contribution in [2.24, 2.45) is 17.1 Å². The van der Waals surface area contributed by atoms with Crippen LogP contribution in [0.5, 0.6) is 0 Å². The molecule has 1 fully saturated rings. The molecular weight excluding hydrogens is 368 g/mol. The van der Waals surface area contributed by atoms with E-state index in [9.17, 15) is 9.59 Å². The van der Waals surface area contributed by atoms with Crippen molar-refractivity contribution in [3.63, 3.8) is 0 Å². The van der Waals surface area contributed by atoms with Crippen LogP contribution in [0.4, 0.5) is 0 Å². The van der Waals surface area contributed by atoms with Crippen LogP contribution in [0.1, 0.15) is 39.7 Å². The lowest BCUT2D eigenvalue weighted by Gasteiger charge is -2.32. The van der Waals surface area contributed by atoms with E-state index < -0.39 is 12.1 Å². The first kappa shape index (κ1) is 21.0. The number of hydrogen-bond donors (Lipinski definition) is 2. The molecule has 1 aliphatic heterocycles. The number of carbonyl (C=O) groups is 2. The Labute approximate surface area is 171 Å². The van der Waals surface area contributed by atoms with Gasteiger partial charge in [0.05, 0.1) is 12.2 Å². The highest BCUT2D eigenvalue weighted by Crippen LogP contribution is 2.27. The molecule has 2 aromatic rings. The lowest BCUT2D eigenvalue weighted by atomic mass is 9.86. The van der Waals surface area contributed by atoms with Gasteiger partial charge in [-0.05, 0) is 23.3 Å². The summed E-state index contributed by atoms with van der Waals surface area (Å²) in [4.78, 5) is 31.3. The second kappa shape index (κ2) is 8.37. The van der Waals surface area contributed by atoms with Crippen LogP contribution in [0.2, 0.25) is 0 Å². The number of aromatic nitrogens is 1. The van der Waals surface area contributed by atoms with Crippen molar-refractivity contribution in [1.82, 2.24) is 15.2 Å². The maximum Gasteiger partial charge on any atom is 0.243 e. The monoisotopic (exact) mass is 398 g/mol. The van der Waals surface area contributed by atoms with E-state index >= 15 is 0 Å². The van der Waals surface area contributed by atoms with Crippen LogP contribution in [0.3, 0.4) is 0 Å². The highest BCUT2D eigenvalue weighted by Gasteiger charge is 2.41. The van der Waals surface area contributed by atoms with E-state index in [0.29, 0.717) is 25.3 Å². The van der Waals surface area contributed by atoms with Crippen molar-refractivity contribution in [3.05, 3.63) is 42.4 Å². The Balaban J connectivity index is 1.62. The van der Waals surface area contributed by atoms with Crippen molar-refractivity contribution in [2.75, 3.05) is 6.54 Å². The number of benzene rings is 1. The van der Waals surface area contributed by atoms with E-state index in [1.54, 1.807) is 11.1 Å². The summed E-state index contributed by atoms with van der Waals surface area (Å²) < 4.78 is 5.28. The summed E-state index contributed by atoms with van der Waals surface area (Å²) in [5, 5.41) is 2.97. The molecule has 2 amide bonds. The number of hydrogen-bond acceptors (Lipinski definition) is 5. The molecule has 3 atom stereocenters. The van der Waals surface area contributed by atoms with Gasteiger partial charge in [0, 0.05) is 18.7 Å². The zero-order valence-corrected chi connectivity index (χ0v) is 17.5. The Bertz CT molecular complexity index is 840. The number of carbonyl (C=O) groups excluding carboxylic acids is 2. The molecule has 1 aromatic carbocycles. The maximum atomic E-state index is 12.9. The molecule has 0 bridgehead atoms. The average Bonchev–Trinajstić information content (AvgIpc) is 3.34. The number of nitrogens with one attached hydrogen (secondary N) is 1. The van der Waals surface area contributed by atoms with Gasteiger partial charge in [-0.2, -0.15) is 0 Å².